The number of aromatic nitrogens is 2. The van der Waals surface area contributed by atoms with Crippen LogP contribution in [0, 0.1) is 6.92 Å². The number of halogens is 2. The number of H-pyrrole nitrogens is 2. The Hall–Kier alpha value is -1.19. The van der Waals surface area contributed by atoms with E-state index in [9.17, 15) is 0 Å². The summed E-state index contributed by atoms with van der Waals surface area (Å²) in [5, 5.41) is 6.65. The van der Waals surface area contributed by atoms with Crippen LogP contribution in [0.3, 0.4) is 0 Å². The molecule has 16 heavy (non-hydrogen) atoms. The molecule has 4 N–H and O–H groups in total. The molecule has 0 spiro atoms. The van der Waals surface area contributed by atoms with Gasteiger partial charge in [-0.3, -0.25) is 5.73 Å². The van der Waals surface area contributed by atoms with Gasteiger partial charge in [-0.2, -0.15) is 5.10 Å². The molecule has 1 heterocycles. The average Bonchev–Trinajstić information content (AvgIpc) is 2.53. The molecule has 1 aromatic carbocycles. The molecular formula is C11H13Cl2N3. The Labute approximate surface area is 105 Å². The second-order valence-corrected chi connectivity index (χ2v) is 3.94. The Morgan fingerprint density at radius 1 is 1.38 bits per heavy atom. The van der Waals surface area contributed by atoms with Crippen molar-refractivity contribution in [3.05, 3.63) is 46.1 Å². The zero-order valence-electron chi connectivity index (χ0n) is 8.85. The number of aryl methyl sites for hydroxylation is 1. The largest absolute Gasteiger partial charge is 1.00 e. The van der Waals surface area contributed by atoms with Crippen molar-refractivity contribution in [2.24, 2.45) is 0 Å². The summed E-state index contributed by atoms with van der Waals surface area (Å²) in [7, 11) is 0. The van der Waals surface area contributed by atoms with Gasteiger partial charge in [0.2, 0.25) is 0 Å². The monoisotopic (exact) mass is 257 g/mol. The minimum atomic E-state index is 0. The summed E-state index contributed by atoms with van der Waals surface area (Å²) in [4.78, 5) is 0. The first kappa shape index (κ1) is 12.9. The molecule has 0 bridgehead atoms. The number of nitrogens with one attached hydrogen (secondary N) is 2. The van der Waals surface area contributed by atoms with Crippen LogP contribution >= 0.6 is 11.6 Å². The molecule has 3 nitrogen and oxygen atoms in total. The first-order valence-electron chi connectivity index (χ1n) is 4.76. The van der Waals surface area contributed by atoms with Crippen LogP contribution in [0.1, 0.15) is 16.8 Å². The fourth-order valence-electron chi connectivity index (χ4n) is 1.57. The van der Waals surface area contributed by atoms with Crippen LogP contribution in [-0.2, 0) is 6.42 Å². The van der Waals surface area contributed by atoms with Crippen molar-refractivity contribution < 1.29 is 17.5 Å². The van der Waals surface area contributed by atoms with Crippen LogP contribution in [0.5, 0.6) is 0 Å². The number of nitrogens with two attached hydrogens (primary N) is 1. The molecule has 0 aliphatic heterocycles. The van der Waals surface area contributed by atoms with Crippen LogP contribution in [-0.4, -0.2) is 5.10 Å². The minimum Gasteiger partial charge on any atom is -1.00 e. The number of benzene rings is 1. The topological polar surface area (TPSA) is 56.0 Å². The number of anilines is 1. The van der Waals surface area contributed by atoms with E-state index in [0.717, 1.165) is 28.3 Å². The molecule has 86 valence electrons. The van der Waals surface area contributed by atoms with Crippen LogP contribution in [0.4, 0.5) is 5.82 Å². The summed E-state index contributed by atoms with van der Waals surface area (Å²) in [5.41, 5.74) is 9.02. The van der Waals surface area contributed by atoms with Crippen molar-refractivity contribution in [2.45, 2.75) is 13.3 Å². The molecule has 5 heteroatoms. The highest BCUT2D eigenvalue weighted by molar-refractivity contribution is 6.31. The van der Waals surface area contributed by atoms with Crippen molar-refractivity contribution >= 4 is 17.4 Å². The fourth-order valence-corrected chi connectivity index (χ4v) is 1.78. The van der Waals surface area contributed by atoms with Gasteiger partial charge in [-0.05, 0) is 18.6 Å². The Morgan fingerprint density at radius 3 is 2.62 bits per heavy atom. The van der Waals surface area contributed by atoms with Crippen molar-refractivity contribution in [3.63, 3.8) is 0 Å². The normalized spacial score (nSPS) is 9.88. The van der Waals surface area contributed by atoms with Gasteiger partial charge in [0.1, 0.15) is 0 Å². The van der Waals surface area contributed by atoms with E-state index in [1.54, 1.807) is 0 Å². The molecule has 0 fully saturated rings. The van der Waals surface area contributed by atoms with Crippen molar-refractivity contribution in [1.82, 2.24) is 5.10 Å². The van der Waals surface area contributed by atoms with E-state index < -0.39 is 0 Å². The zero-order chi connectivity index (χ0) is 10.8. The molecule has 0 atom stereocenters. The maximum Gasteiger partial charge on any atom is 0.294 e. The third kappa shape index (κ3) is 2.49. The van der Waals surface area contributed by atoms with Crippen molar-refractivity contribution in [3.8, 4) is 0 Å². The quantitative estimate of drug-likeness (QED) is 0.711. The summed E-state index contributed by atoms with van der Waals surface area (Å²) in [6.07, 6.45) is 0.747. The van der Waals surface area contributed by atoms with E-state index in [1.807, 2.05) is 31.2 Å². The lowest BCUT2D eigenvalue weighted by atomic mass is 10.1. The van der Waals surface area contributed by atoms with E-state index >= 15 is 0 Å². The number of aromatic amines is 2. The Balaban J connectivity index is 0.00000128. The number of hydrogen-bond donors (Lipinski definition) is 2. The zero-order valence-corrected chi connectivity index (χ0v) is 10.4. The first-order chi connectivity index (χ1) is 7.18. The van der Waals surface area contributed by atoms with Gasteiger partial charge in [-0.1, -0.05) is 29.8 Å². The Kier molecular flexibility index (Phi) is 4.21. The summed E-state index contributed by atoms with van der Waals surface area (Å²) in [5.74, 6) is 0.674. The van der Waals surface area contributed by atoms with Gasteiger partial charge in [0, 0.05) is 11.4 Å². The molecule has 0 saturated carbocycles. The summed E-state index contributed by atoms with van der Waals surface area (Å²) in [6, 6.07) is 7.79. The van der Waals surface area contributed by atoms with E-state index in [-0.39, 0.29) is 12.4 Å². The predicted molar refractivity (Wildman–Crippen MR) is 60.8 cm³/mol. The molecule has 0 saturated heterocycles. The third-order valence-corrected chi connectivity index (χ3v) is 2.86. The first-order valence-corrected chi connectivity index (χ1v) is 5.14. The number of nitrogen functional groups attached to an aromatic ring is 1. The smallest absolute Gasteiger partial charge is 0.294 e. The van der Waals surface area contributed by atoms with Crippen LogP contribution < -0.4 is 23.2 Å². The van der Waals surface area contributed by atoms with E-state index in [4.69, 9.17) is 17.3 Å². The molecule has 0 aliphatic rings. The lowest BCUT2D eigenvalue weighted by Crippen LogP contribution is -3.00. The van der Waals surface area contributed by atoms with Crippen molar-refractivity contribution in [2.75, 3.05) is 5.73 Å². The molecule has 0 amide bonds. The highest BCUT2D eigenvalue weighted by atomic mass is 35.5. The van der Waals surface area contributed by atoms with Gasteiger partial charge in [0.05, 0.1) is 11.3 Å². The standard InChI is InChI=1S/C11H12ClN3.ClH/c1-7-9(11(13)15-14-7)6-8-4-2-3-5-10(8)12;/h2-5H,6H2,1H3,(H3,13,14,15);1H. The lowest BCUT2D eigenvalue weighted by Gasteiger charge is -2.01. The van der Waals surface area contributed by atoms with Gasteiger partial charge >= 0.3 is 0 Å². The van der Waals surface area contributed by atoms with Gasteiger partial charge in [0.25, 0.3) is 5.82 Å². The van der Waals surface area contributed by atoms with Crippen LogP contribution in [0.15, 0.2) is 24.3 Å². The van der Waals surface area contributed by atoms with E-state index in [0.29, 0.717) is 5.82 Å². The highest BCUT2D eigenvalue weighted by Gasteiger charge is 2.13. The Morgan fingerprint density at radius 2 is 2.06 bits per heavy atom. The van der Waals surface area contributed by atoms with Gasteiger partial charge in [0.15, 0.2) is 0 Å². The average molecular weight is 258 g/mol. The van der Waals surface area contributed by atoms with E-state index in [2.05, 4.69) is 10.2 Å². The molecule has 1 aromatic heterocycles. The minimum absolute atomic E-state index is 0. The number of hydrogen-bond acceptors (Lipinski definition) is 1. The SMILES string of the molecule is Cc1[nH][nH+]c(N)c1Cc1ccccc1Cl.[Cl-]. The molecule has 0 unspecified atom stereocenters. The highest BCUT2D eigenvalue weighted by Crippen LogP contribution is 2.21. The van der Waals surface area contributed by atoms with Gasteiger partial charge in [-0.25, -0.2) is 5.10 Å². The van der Waals surface area contributed by atoms with E-state index in [1.165, 1.54) is 0 Å². The van der Waals surface area contributed by atoms with Crippen LogP contribution in [0.25, 0.3) is 0 Å². The second-order valence-electron chi connectivity index (χ2n) is 3.54. The molecule has 0 radical (unpaired) electrons. The molecule has 2 rings (SSSR count). The molecule has 0 aliphatic carbocycles. The maximum atomic E-state index is 6.08. The maximum absolute atomic E-state index is 6.08. The summed E-state index contributed by atoms with van der Waals surface area (Å²) < 4.78 is 0. The molecule has 2 aromatic rings. The molecular weight excluding hydrogens is 245 g/mol. The third-order valence-electron chi connectivity index (χ3n) is 2.49. The van der Waals surface area contributed by atoms with Gasteiger partial charge in [-0.15, -0.1) is 0 Å². The summed E-state index contributed by atoms with van der Waals surface area (Å²) >= 11 is 6.08. The fraction of sp³-hybridized carbons (Fsp3) is 0.182. The number of rotatable bonds is 2. The van der Waals surface area contributed by atoms with Gasteiger partial charge < -0.3 is 12.4 Å². The Bertz CT molecular complexity index is 460. The lowest BCUT2D eigenvalue weighted by molar-refractivity contribution is -0.434. The predicted octanol–water partition coefficient (Wildman–Crippen LogP) is -1.03. The van der Waals surface area contributed by atoms with Crippen molar-refractivity contribution in [1.29, 1.82) is 0 Å². The second kappa shape index (κ2) is 5.23. The summed E-state index contributed by atoms with van der Waals surface area (Å²) in [6.45, 7) is 1.99. The van der Waals surface area contributed by atoms with Crippen LogP contribution in [0.2, 0.25) is 5.02 Å².